The summed E-state index contributed by atoms with van der Waals surface area (Å²) in [6.07, 6.45) is 12.3. The molecule has 7 aromatic rings. The molecule has 3 unspecified atom stereocenters. The molecule has 3 fully saturated rings. The topological polar surface area (TPSA) is 3.24 Å². The Kier molecular flexibility index (Phi) is 8.50. The Labute approximate surface area is 339 Å². The Morgan fingerprint density at radius 3 is 1.96 bits per heavy atom. The molecule has 0 aromatic heterocycles. The van der Waals surface area contributed by atoms with Gasteiger partial charge in [-0.05, 0) is 153 Å². The molecule has 4 aliphatic rings. The molecular weight excluding hydrogens is 687 g/mol. The SMILES string of the molecule is CC1(C)c2ccccc2-c2cc(-c3cccc4ccccc34)c(N(c3ccc(-c4ccccc4C4CCCCC4)cc3)c3ccc(C4CC5CCC4C5)cc3)cc21. The lowest BCUT2D eigenvalue weighted by molar-refractivity contribution is 0.420. The zero-order chi connectivity index (χ0) is 38.1. The second-order valence-electron chi connectivity index (χ2n) is 18.3. The summed E-state index contributed by atoms with van der Waals surface area (Å²) in [5.41, 5.74) is 17.3. The third kappa shape index (κ3) is 5.88. The van der Waals surface area contributed by atoms with Gasteiger partial charge in [0.15, 0.2) is 0 Å². The molecule has 0 saturated heterocycles. The molecule has 3 saturated carbocycles. The van der Waals surface area contributed by atoms with Crippen LogP contribution in [0.15, 0.2) is 152 Å². The van der Waals surface area contributed by atoms with Crippen LogP contribution in [0.3, 0.4) is 0 Å². The zero-order valence-electron chi connectivity index (χ0n) is 33.6. The molecule has 4 aliphatic carbocycles. The molecule has 3 atom stereocenters. The summed E-state index contributed by atoms with van der Waals surface area (Å²) in [6, 6.07) is 58.4. The first-order chi connectivity index (χ1) is 28.0. The maximum Gasteiger partial charge on any atom is 0.0543 e. The van der Waals surface area contributed by atoms with Crippen LogP contribution in [0.2, 0.25) is 0 Å². The highest BCUT2D eigenvalue weighted by molar-refractivity contribution is 6.03. The predicted octanol–water partition coefficient (Wildman–Crippen LogP) is 15.9. The smallest absolute Gasteiger partial charge is 0.0543 e. The van der Waals surface area contributed by atoms with E-state index in [1.54, 1.807) is 0 Å². The van der Waals surface area contributed by atoms with Crippen LogP contribution in [0.4, 0.5) is 17.1 Å². The Bertz CT molecular complexity index is 2600. The molecule has 0 amide bonds. The molecule has 2 bridgehead atoms. The van der Waals surface area contributed by atoms with Gasteiger partial charge in [-0.15, -0.1) is 0 Å². The molecule has 7 aromatic carbocycles. The predicted molar refractivity (Wildman–Crippen MR) is 241 cm³/mol. The number of anilines is 3. The Morgan fingerprint density at radius 1 is 0.509 bits per heavy atom. The van der Waals surface area contributed by atoms with Gasteiger partial charge < -0.3 is 4.90 Å². The molecule has 0 aliphatic heterocycles. The van der Waals surface area contributed by atoms with E-state index in [2.05, 4.69) is 170 Å². The number of rotatable bonds is 7. The maximum absolute atomic E-state index is 2.57. The molecule has 57 heavy (non-hydrogen) atoms. The van der Waals surface area contributed by atoms with Crippen molar-refractivity contribution >= 4 is 27.8 Å². The van der Waals surface area contributed by atoms with Crippen LogP contribution in [0.5, 0.6) is 0 Å². The summed E-state index contributed by atoms with van der Waals surface area (Å²) in [5, 5.41) is 2.55. The molecule has 0 heterocycles. The van der Waals surface area contributed by atoms with Crippen LogP contribution < -0.4 is 4.90 Å². The van der Waals surface area contributed by atoms with E-state index in [0.717, 1.165) is 11.8 Å². The third-order valence-corrected chi connectivity index (χ3v) is 14.8. The van der Waals surface area contributed by atoms with E-state index in [1.165, 1.54) is 141 Å². The molecule has 282 valence electrons. The maximum atomic E-state index is 2.57. The van der Waals surface area contributed by atoms with Crippen molar-refractivity contribution < 1.29 is 0 Å². The van der Waals surface area contributed by atoms with Crippen molar-refractivity contribution in [1.29, 1.82) is 0 Å². The summed E-state index contributed by atoms with van der Waals surface area (Å²) < 4.78 is 0. The van der Waals surface area contributed by atoms with Gasteiger partial charge in [0.25, 0.3) is 0 Å². The number of hydrogen-bond donors (Lipinski definition) is 0. The molecule has 0 radical (unpaired) electrons. The van der Waals surface area contributed by atoms with Crippen molar-refractivity contribution in [2.24, 2.45) is 11.8 Å². The first-order valence-corrected chi connectivity index (χ1v) is 21.9. The minimum atomic E-state index is -0.123. The molecule has 0 spiro atoms. The molecule has 1 nitrogen and oxygen atoms in total. The summed E-state index contributed by atoms with van der Waals surface area (Å²) in [7, 11) is 0. The number of fused-ring (bicyclic) bond motifs is 6. The highest BCUT2D eigenvalue weighted by atomic mass is 15.1. The van der Waals surface area contributed by atoms with Crippen molar-refractivity contribution in [2.75, 3.05) is 4.90 Å². The van der Waals surface area contributed by atoms with Crippen LogP contribution in [-0.2, 0) is 5.41 Å². The zero-order valence-corrected chi connectivity index (χ0v) is 33.6. The van der Waals surface area contributed by atoms with E-state index in [9.17, 15) is 0 Å². The third-order valence-electron chi connectivity index (χ3n) is 14.8. The second kappa shape index (κ2) is 13.9. The first-order valence-electron chi connectivity index (χ1n) is 21.9. The Morgan fingerprint density at radius 2 is 1.19 bits per heavy atom. The molecule has 11 rings (SSSR count). The van der Waals surface area contributed by atoms with Gasteiger partial charge in [-0.3, -0.25) is 0 Å². The number of benzene rings is 7. The van der Waals surface area contributed by atoms with Crippen LogP contribution in [0.1, 0.15) is 106 Å². The fourth-order valence-corrected chi connectivity index (χ4v) is 11.9. The average Bonchev–Trinajstić information content (AvgIpc) is 3.97. The number of hydrogen-bond acceptors (Lipinski definition) is 1. The van der Waals surface area contributed by atoms with Gasteiger partial charge >= 0.3 is 0 Å². The first kappa shape index (κ1) is 34.8. The second-order valence-corrected chi connectivity index (χ2v) is 18.3. The molecule has 0 N–H and O–H groups in total. The lowest BCUT2D eigenvalue weighted by Crippen LogP contribution is -2.17. The van der Waals surface area contributed by atoms with Crippen molar-refractivity contribution in [3.63, 3.8) is 0 Å². The van der Waals surface area contributed by atoms with Crippen molar-refractivity contribution in [2.45, 2.75) is 88.9 Å². The van der Waals surface area contributed by atoms with Crippen molar-refractivity contribution in [1.82, 2.24) is 0 Å². The minimum absolute atomic E-state index is 0.123. The largest absolute Gasteiger partial charge is 0.310 e. The fraction of sp³-hybridized carbons (Fsp3) is 0.286. The minimum Gasteiger partial charge on any atom is -0.310 e. The Hall–Kier alpha value is -5.40. The van der Waals surface area contributed by atoms with Gasteiger partial charge in [0.2, 0.25) is 0 Å². The molecule has 1 heteroatoms. The van der Waals surface area contributed by atoms with Crippen LogP contribution in [-0.4, -0.2) is 0 Å². The highest BCUT2D eigenvalue weighted by Gasteiger charge is 2.40. The van der Waals surface area contributed by atoms with E-state index in [1.807, 2.05) is 0 Å². The monoisotopic (exact) mass is 739 g/mol. The lowest BCUT2D eigenvalue weighted by Gasteiger charge is -2.31. The standard InChI is InChI=1S/C56H53N/c1-56(2)53-22-11-10-20-49(53)51-35-52(48-21-12-16-39-15-6-7-19-47(39)48)55(36-54(51)56)57(44-31-27-41(28-32-44)50-34-37-23-24-42(50)33-37)43-29-25-40(26-30-43)46-18-9-8-17-45(46)38-13-4-3-5-14-38/h6-12,15-22,25-32,35-38,42,50H,3-5,13-14,23-24,33-34H2,1-2H3. The van der Waals surface area contributed by atoms with Crippen LogP contribution >= 0.6 is 0 Å². The average molecular weight is 740 g/mol. The fourth-order valence-electron chi connectivity index (χ4n) is 11.9. The highest BCUT2D eigenvalue weighted by Crippen LogP contribution is 2.55. The van der Waals surface area contributed by atoms with Gasteiger partial charge in [0.05, 0.1) is 5.69 Å². The summed E-state index contributed by atoms with van der Waals surface area (Å²) in [6.45, 7) is 4.82. The van der Waals surface area contributed by atoms with Gasteiger partial charge in [0.1, 0.15) is 0 Å². The summed E-state index contributed by atoms with van der Waals surface area (Å²) >= 11 is 0. The Balaban J connectivity index is 1.11. The van der Waals surface area contributed by atoms with Gasteiger partial charge in [-0.1, -0.05) is 155 Å². The van der Waals surface area contributed by atoms with Gasteiger partial charge in [-0.25, -0.2) is 0 Å². The molecular formula is C56H53N. The van der Waals surface area contributed by atoms with Gasteiger partial charge in [0, 0.05) is 22.4 Å². The summed E-state index contributed by atoms with van der Waals surface area (Å²) in [5.74, 6) is 3.15. The lowest BCUT2D eigenvalue weighted by atomic mass is 9.81. The van der Waals surface area contributed by atoms with E-state index in [-0.39, 0.29) is 5.41 Å². The summed E-state index contributed by atoms with van der Waals surface area (Å²) in [4.78, 5) is 2.57. The van der Waals surface area contributed by atoms with Crippen molar-refractivity contribution in [3.8, 4) is 33.4 Å². The van der Waals surface area contributed by atoms with Crippen molar-refractivity contribution in [3.05, 3.63) is 174 Å². The normalized spacial score (nSPS) is 20.8. The van der Waals surface area contributed by atoms with Crippen LogP contribution in [0.25, 0.3) is 44.2 Å². The van der Waals surface area contributed by atoms with E-state index >= 15 is 0 Å². The number of nitrogens with zero attached hydrogens (tertiary/aromatic N) is 1. The van der Waals surface area contributed by atoms with E-state index in [0.29, 0.717) is 11.8 Å². The van der Waals surface area contributed by atoms with Gasteiger partial charge in [-0.2, -0.15) is 0 Å². The quantitative estimate of drug-likeness (QED) is 0.157. The van der Waals surface area contributed by atoms with Crippen LogP contribution in [0, 0.1) is 11.8 Å². The van der Waals surface area contributed by atoms with E-state index < -0.39 is 0 Å². The van der Waals surface area contributed by atoms with E-state index in [4.69, 9.17) is 0 Å².